The molecule has 0 bridgehead atoms. The maximum Gasteiger partial charge on any atom is 0.262 e. The second-order valence-electron chi connectivity index (χ2n) is 2.65. The molecule has 0 aromatic carbocycles. The van der Waals surface area contributed by atoms with Crippen molar-refractivity contribution in [2.45, 2.75) is 17.2 Å². The van der Waals surface area contributed by atoms with E-state index in [2.05, 4.69) is 25.9 Å². The van der Waals surface area contributed by atoms with Gasteiger partial charge in [-0.05, 0) is 46.7 Å². The smallest absolute Gasteiger partial charge is 0.262 e. The molecule has 0 unspecified atom stereocenters. The van der Waals surface area contributed by atoms with Crippen molar-refractivity contribution in [2.24, 2.45) is 0 Å². The molecule has 0 fully saturated rings. The van der Waals surface area contributed by atoms with Crippen LogP contribution in [0.15, 0.2) is 43.7 Å². The van der Waals surface area contributed by atoms with E-state index in [1.807, 2.05) is 19.1 Å². The van der Waals surface area contributed by atoms with Crippen molar-refractivity contribution >= 4 is 27.7 Å². The van der Waals surface area contributed by atoms with E-state index in [9.17, 15) is 0 Å². The number of aryl methyl sites for hydroxylation is 1. The average Bonchev–Trinajstić information content (AvgIpc) is 2.56. The lowest BCUT2D eigenvalue weighted by molar-refractivity contribution is 0.453. The molecule has 0 spiro atoms. The molecule has 0 atom stereocenters. The van der Waals surface area contributed by atoms with E-state index in [-0.39, 0.29) is 0 Å². The zero-order chi connectivity index (χ0) is 9.97. The van der Waals surface area contributed by atoms with Gasteiger partial charge in [0.2, 0.25) is 0 Å². The fourth-order valence-electron chi connectivity index (χ4n) is 0.908. The first-order chi connectivity index (χ1) is 6.75. The van der Waals surface area contributed by atoms with Crippen LogP contribution in [0.25, 0.3) is 0 Å². The maximum atomic E-state index is 5.21. The number of rotatable bonds is 2. The molecule has 14 heavy (non-hydrogen) atoms. The first kappa shape index (κ1) is 9.73. The topological polar surface area (TPSA) is 38.9 Å². The Morgan fingerprint density at radius 3 is 3.00 bits per heavy atom. The molecule has 0 aliphatic carbocycles. The molecule has 2 aromatic rings. The van der Waals surface area contributed by atoms with Gasteiger partial charge >= 0.3 is 0 Å². The molecule has 0 saturated carbocycles. The largest absolute Gasteiger partial charge is 0.439 e. The standard InChI is InChI=1S/C9H7BrN2OS/c1-6-5-13-9(12-6)14-8-7(10)3-2-4-11-8/h2-5H,1H3. The van der Waals surface area contributed by atoms with Crippen LogP contribution in [0.2, 0.25) is 0 Å². The molecule has 0 amide bonds. The minimum absolute atomic E-state index is 0.613. The number of halogens is 1. The van der Waals surface area contributed by atoms with Gasteiger partial charge in [0.25, 0.3) is 5.22 Å². The molecule has 2 rings (SSSR count). The zero-order valence-corrected chi connectivity index (χ0v) is 9.80. The van der Waals surface area contributed by atoms with Crippen molar-refractivity contribution in [2.75, 3.05) is 0 Å². The van der Waals surface area contributed by atoms with Crippen molar-refractivity contribution in [3.63, 3.8) is 0 Å². The highest BCUT2D eigenvalue weighted by atomic mass is 79.9. The Balaban J connectivity index is 2.23. The van der Waals surface area contributed by atoms with Gasteiger partial charge in [0.05, 0.1) is 10.2 Å². The van der Waals surface area contributed by atoms with E-state index in [4.69, 9.17) is 4.42 Å². The number of aromatic nitrogens is 2. The van der Waals surface area contributed by atoms with Crippen LogP contribution >= 0.6 is 27.7 Å². The summed E-state index contributed by atoms with van der Waals surface area (Å²) in [5, 5.41) is 1.47. The van der Waals surface area contributed by atoms with Crippen LogP contribution in [-0.4, -0.2) is 9.97 Å². The summed E-state index contributed by atoms with van der Waals surface area (Å²) in [6.07, 6.45) is 3.36. The van der Waals surface area contributed by atoms with Gasteiger partial charge in [0.15, 0.2) is 0 Å². The molecule has 0 N–H and O–H groups in total. The third-order valence-corrected chi connectivity index (χ3v) is 3.29. The normalized spacial score (nSPS) is 10.4. The van der Waals surface area contributed by atoms with Gasteiger partial charge in [0, 0.05) is 6.20 Å². The molecule has 0 saturated heterocycles. The molecule has 5 heteroatoms. The second-order valence-corrected chi connectivity index (χ2v) is 4.44. The van der Waals surface area contributed by atoms with Gasteiger partial charge < -0.3 is 4.42 Å². The highest BCUT2D eigenvalue weighted by Gasteiger charge is 2.07. The van der Waals surface area contributed by atoms with Gasteiger partial charge in [-0.25, -0.2) is 9.97 Å². The minimum Gasteiger partial charge on any atom is -0.439 e. The summed E-state index contributed by atoms with van der Waals surface area (Å²) in [5.74, 6) is 0. The van der Waals surface area contributed by atoms with Crippen LogP contribution in [-0.2, 0) is 0 Å². The summed E-state index contributed by atoms with van der Waals surface area (Å²) in [6.45, 7) is 1.89. The Hall–Kier alpha value is -0.810. The maximum absolute atomic E-state index is 5.21. The fourth-order valence-corrected chi connectivity index (χ4v) is 2.14. The Bertz CT molecular complexity index is 444. The Morgan fingerprint density at radius 2 is 2.36 bits per heavy atom. The SMILES string of the molecule is Cc1coc(Sc2ncccc2Br)n1. The van der Waals surface area contributed by atoms with Crippen molar-refractivity contribution in [1.82, 2.24) is 9.97 Å². The molecular weight excluding hydrogens is 264 g/mol. The lowest BCUT2D eigenvalue weighted by Gasteiger charge is -1.97. The van der Waals surface area contributed by atoms with E-state index in [1.165, 1.54) is 11.8 Å². The molecule has 2 heterocycles. The van der Waals surface area contributed by atoms with Gasteiger partial charge in [-0.1, -0.05) is 0 Å². The summed E-state index contributed by atoms with van der Waals surface area (Å²) < 4.78 is 6.16. The van der Waals surface area contributed by atoms with E-state index in [0.29, 0.717) is 5.22 Å². The quantitative estimate of drug-likeness (QED) is 0.840. The van der Waals surface area contributed by atoms with Gasteiger partial charge in [-0.3, -0.25) is 0 Å². The highest BCUT2D eigenvalue weighted by molar-refractivity contribution is 9.10. The van der Waals surface area contributed by atoms with Crippen LogP contribution in [0.4, 0.5) is 0 Å². The van der Waals surface area contributed by atoms with E-state index in [1.54, 1.807) is 12.5 Å². The van der Waals surface area contributed by atoms with E-state index < -0.39 is 0 Å². The van der Waals surface area contributed by atoms with E-state index in [0.717, 1.165) is 15.2 Å². The van der Waals surface area contributed by atoms with Crippen molar-refractivity contribution < 1.29 is 4.42 Å². The number of nitrogens with zero attached hydrogens (tertiary/aromatic N) is 2. The number of hydrogen-bond acceptors (Lipinski definition) is 4. The zero-order valence-electron chi connectivity index (χ0n) is 7.40. The predicted molar refractivity (Wildman–Crippen MR) is 57.3 cm³/mol. The van der Waals surface area contributed by atoms with Crippen LogP contribution in [0, 0.1) is 6.92 Å². The van der Waals surface area contributed by atoms with Crippen LogP contribution in [0.5, 0.6) is 0 Å². The monoisotopic (exact) mass is 270 g/mol. The summed E-state index contributed by atoms with van der Waals surface area (Å²) >= 11 is 4.81. The summed E-state index contributed by atoms with van der Waals surface area (Å²) in [7, 11) is 0. The Labute approximate surface area is 94.1 Å². The predicted octanol–water partition coefficient (Wildman–Crippen LogP) is 3.29. The van der Waals surface area contributed by atoms with Crippen LogP contribution in [0.1, 0.15) is 5.69 Å². The second kappa shape index (κ2) is 4.14. The summed E-state index contributed by atoms with van der Waals surface area (Å²) in [6, 6.07) is 3.81. The molecule has 2 aromatic heterocycles. The molecular formula is C9H7BrN2OS. The molecule has 0 aliphatic heterocycles. The van der Waals surface area contributed by atoms with Crippen LogP contribution in [0.3, 0.4) is 0 Å². The third-order valence-electron chi connectivity index (χ3n) is 1.51. The van der Waals surface area contributed by atoms with Crippen molar-refractivity contribution in [3.8, 4) is 0 Å². The minimum atomic E-state index is 0.613. The lowest BCUT2D eigenvalue weighted by Crippen LogP contribution is -1.80. The summed E-state index contributed by atoms with van der Waals surface area (Å²) in [5.41, 5.74) is 0.875. The van der Waals surface area contributed by atoms with Gasteiger partial charge in [0.1, 0.15) is 11.3 Å². The average molecular weight is 271 g/mol. The first-order valence-electron chi connectivity index (χ1n) is 3.96. The number of hydrogen-bond donors (Lipinski definition) is 0. The lowest BCUT2D eigenvalue weighted by atomic mass is 10.5. The first-order valence-corrected chi connectivity index (χ1v) is 5.57. The fraction of sp³-hybridized carbons (Fsp3) is 0.111. The van der Waals surface area contributed by atoms with Crippen molar-refractivity contribution in [1.29, 1.82) is 0 Å². The molecule has 0 aliphatic rings. The van der Waals surface area contributed by atoms with Crippen molar-refractivity contribution in [3.05, 3.63) is 34.8 Å². The number of oxazole rings is 1. The molecule has 72 valence electrons. The molecule has 3 nitrogen and oxygen atoms in total. The summed E-state index contributed by atoms with van der Waals surface area (Å²) in [4.78, 5) is 8.38. The highest BCUT2D eigenvalue weighted by Crippen LogP contribution is 2.30. The Morgan fingerprint density at radius 1 is 1.50 bits per heavy atom. The third kappa shape index (κ3) is 2.16. The molecule has 0 radical (unpaired) electrons. The van der Waals surface area contributed by atoms with Gasteiger partial charge in [-0.2, -0.15) is 0 Å². The van der Waals surface area contributed by atoms with Gasteiger partial charge in [-0.15, -0.1) is 0 Å². The Kier molecular flexibility index (Phi) is 2.88. The van der Waals surface area contributed by atoms with Crippen LogP contribution < -0.4 is 0 Å². The van der Waals surface area contributed by atoms with E-state index >= 15 is 0 Å². The number of pyridine rings is 1.